The minimum atomic E-state index is 0. The molecule has 0 aromatic heterocycles. The normalized spacial score (nSPS) is 3.34. The minimum absolute atomic E-state index is 0. The summed E-state index contributed by atoms with van der Waals surface area (Å²) in [7, 11) is 1.22. The SMILES string of the molecule is C=PC(C)(C)C.[C-]#[O+].[C-]#[O+].[C-]#[O+].[C-]#[O+].[C-]#[O+].[C-]#[O+].[C-]#[O+].[C-]#[O+].[C-]#[O+].[CH-]=O.[Fe].[Fe].[Fe]. The Morgan fingerprint density at radius 2 is 0.552 bits per heavy atom. The van der Waals surface area contributed by atoms with Gasteiger partial charge >= 0.3 is 102 Å². The molecule has 14 heteroatoms. The third-order valence-electron chi connectivity index (χ3n) is 0.474. The first-order valence-corrected chi connectivity index (χ1v) is 5.19. The summed E-state index contributed by atoms with van der Waals surface area (Å²) in [6.45, 7) is 50.3. The van der Waals surface area contributed by atoms with Crippen LogP contribution in [0.1, 0.15) is 20.8 Å². The molecule has 0 atom stereocenters. The maximum absolute atomic E-state index is 7.75. The van der Waals surface area contributed by atoms with Crippen molar-refractivity contribution >= 4 is 21.3 Å². The second kappa shape index (κ2) is 501. The molecule has 0 aromatic rings. The van der Waals surface area contributed by atoms with E-state index < -0.39 is 0 Å². The predicted octanol–water partition coefficient (Wildman–Crippen LogP) is 1.54. The Morgan fingerprint density at radius 1 is 0.517 bits per heavy atom. The molecular weight excluding hydrogens is 539 g/mol. The molecule has 0 saturated heterocycles. The Balaban J connectivity index is -0.00000000735. The van der Waals surface area contributed by atoms with Crippen molar-refractivity contribution in [1.82, 2.24) is 0 Å². The molecule has 0 aliphatic carbocycles. The van der Waals surface area contributed by atoms with Gasteiger partial charge < -0.3 is 4.79 Å². The summed E-state index contributed by atoms with van der Waals surface area (Å²) in [5, 5.41) is 0.403. The van der Waals surface area contributed by atoms with E-state index in [-0.39, 0.29) is 51.2 Å². The Labute approximate surface area is 204 Å². The monoisotopic (exact) mass is 551 g/mol. The van der Waals surface area contributed by atoms with Gasteiger partial charge in [0.05, 0.1) is 0 Å². The van der Waals surface area contributed by atoms with Gasteiger partial charge in [0.15, 0.2) is 0 Å². The van der Waals surface area contributed by atoms with Crippen molar-refractivity contribution in [1.29, 1.82) is 0 Å². The molecular formula is C15H12Fe3O10P-. The van der Waals surface area contributed by atoms with E-state index in [9.17, 15) is 0 Å². The van der Waals surface area contributed by atoms with Crippen LogP contribution in [-0.2, 0) is 97.9 Å². The van der Waals surface area contributed by atoms with Crippen LogP contribution in [0.2, 0.25) is 0 Å². The standard InChI is InChI=1S/C5H11P.CHO.9CO.3Fe/c1-5(2,3)6-4;10*1-2;;;/h4H2,1-3H3;1H;;;;;;;;;;;;/q;-1;;;;;;;;;;;;. The molecule has 0 aliphatic heterocycles. The fourth-order valence-electron chi connectivity index (χ4n) is 0. The molecule has 0 spiro atoms. The van der Waals surface area contributed by atoms with E-state index in [1.54, 1.807) is 0 Å². The molecule has 0 fully saturated rings. The molecule has 0 amide bonds. The van der Waals surface area contributed by atoms with Gasteiger partial charge in [-0.1, -0.05) is 27.1 Å². The zero-order valence-electron chi connectivity index (χ0n) is 14.9. The molecule has 0 aliphatic rings. The van der Waals surface area contributed by atoms with Gasteiger partial charge in [-0.2, -0.15) is 0 Å². The van der Waals surface area contributed by atoms with Crippen LogP contribution >= 0.6 is 8.20 Å². The van der Waals surface area contributed by atoms with E-state index in [1.165, 1.54) is 8.20 Å². The third kappa shape index (κ3) is 4010. The topological polar surface area (TPSA) is 196 Å². The smallest absolute Gasteiger partial charge is 0 e. The molecule has 0 radical (unpaired) electrons. The molecule has 0 saturated carbocycles. The van der Waals surface area contributed by atoms with E-state index in [0.717, 1.165) is 0 Å². The van der Waals surface area contributed by atoms with Gasteiger partial charge in [-0.3, -0.25) is 6.79 Å². The van der Waals surface area contributed by atoms with Crippen LogP contribution in [0.15, 0.2) is 0 Å². The molecule has 162 valence electrons. The fraction of sp³-hybridized carbons (Fsp3) is 0.267. The van der Waals surface area contributed by atoms with E-state index >= 15 is 0 Å². The predicted molar refractivity (Wildman–Crippen MR) is 75.9 cm³/mol. The van der Waals surface area contributed by atoms with Gasteiger partial charge in [-0.25, -0.2) is 0 Å². The summed E-state index contributed by atoms with van der Waals surface area (Å²) in [6, 6.07) is 0. The van der Waals surface area contributed by atoms with Crippen LogP contribution < -0.4 is 0 Å². The number of rotatable bonds is 0. The van der Waals surface area contributed by atoms with Gasteiger partial charge in [0, 0.05) is 56.4 Å². The van der Waals surface area contributed by atoms with Crippen LogP contribution in [0.4, 0.5) is 0 Å². The first-order valence-electron chi connectivity index (χ1n) is 4.11. The summed E-state index contributed by atoms with van der Waals surface area (Å²) in [4.78, 5) is 7.75. The summed E-state index contributed by atoms with van der Waals surface area (Å²) in [5.74, 6) is 0. The van der Waals surface area contributed by atoms with Crippen LogP contribution in [0, 0.1) is 59.9 Å². The largest absolute Gasteiger partial charge is 0.545 e. The Morgan fingerprint density at radius 3 is 0.552 bits per heavy atom. The third-order valence-corrected chi connectivity index (χ3v) is 1.42. The van der Waals surface area contributed by atoms with Gasteiger partial charge in [0.1, 0.15) is 0 Å². The molecule has 29 heavy (non-hydrogen) atoms. The van der Waals surface area contributed by atoms with Gasteiger partial charge in [-0.15, -0.1) is 8.20 Å². The van der Waals surface area contributed by atoms with Crippen molar-refractivity contribution in [3.8, 4) is 0 Å². The first kappa shape index (κ1) is 104. The Kier molecular flexibility index (Phi) is 1790. The fourth-order valence-corrected chi connectivity index (χ4v) is 0. The van der Waals surface area contributed by atoms with Crippen LogP contribution in [0.25, 0.3) is 0 Å². The maximum Gasteiger partial charge on any atom is 0 e. The second-order valence-electron chi connectivity index (χ2n) is 2.33. The zero-order chi connectivity index (χ0) is 25.2. The molecule has 0 unspecified atom stereocenters. The first-order chi connectivity index (χ1) is 12.6. The summed E-state index contributed by atoms with van der Waals surface area (Å²) >= 11 is 0. The van der Waals surface area contributed by atoms with Crippen molar-refractivity contribution in [3.63, 3.8) is 0 Å². The molecule has 0 N–H and O–H groups in total. The Hall–Kier alpha value is -0.942. The summed E-state index contributed by atoms with van der Waals surface area (Å²) in [5.41, 5.74) is 0. The van der Waals surface area contributed by atoms with Gasteiger partial charge in [0.2, 0.25) is 0 Å². The van der Waals surface area contributed by atoms with Crippen molar-refractivity contribution < 1.29 is 97.9 Å². The quantitative estimate of drug-likeness (QED) is 0.143. The van der Waals surface area contributed by atoms with Crippen LogP contribution in [0.3, 0.4) is 0 Å². The minimum Gasteiger partial charge on any atom is -0.545 e. The van der Waals surface area contributed by atoms with E-state index in [2.05, 4.69) is 93.7 Å². The molecule has 0 rings (SSSR count). The van der Waals surface area contributed by atoms with Gasteiger partial charge in [0.25, 0.3) is 0 Å². The molecule has 0 bridgehead atoms. The van der Waals surface area contributed by atoms with Crippen LogP contribution in [-0.4, -0.2) is 18.2 Å². The average Bonchev–Trinajstić information content (AvgIpc) is 2.81. The maximum atomic E-state index is 7.75. The van der Waals surface area contributed by atoms with Crippen molar-refractivity contribution in [2.45, 2.75) is 25.9 Å². The van der Waals surface area contributed by atoms with E-state index in [1.807, 2.05) is 0 Å². The summed E-state index contributed by atoms with van der Waals surface area (Å²) < 4.78 is 67.5. The van der Waals surface area contributed by atoms with Gasteiger partial charge in [-0.05, 0) is 0 Å². The number of carbonyl (C=O) groups excluding carboxylic acids is 1. The van der Waals surface area contributed by atoms with Crippen molar-refractivity contribution in [2.75, 3.05) is 0 Å². The molecule has 10 nitrogen and oxygen atoms in total. The number of hydrogen-bond acceptors (Lipinski definition) is 1. The molecule has 0 aromatic carbocycles. The zero-order valence-corrected chi connectivity index (χ0v) is 19.1. The summed E-state index contributed by atoms with van der Waals surface area (Å²) in [6.07, 6.45) is 3.73. The second-order valence-corrected chi connectivity index (χ2v) is 3.99. The average molecular weight is 551 g/mol. The van der Waals surface area contributed by atoms with Crippen molar-refractivity contribution in [2.24, 2.45) is 0 Å². The molecule has 0 heterocycles. The van der Waals surface area contributed by atoms with E-state index in [0.29, 0.717) is 5.16 Å². The van der Waals surface area contributed by atoms with Crippen LogP contribution in [0.5, 0.6) is 0 Å². The number of hydrogen-bond donors (Lipinski definition) is 0. The Bertz CT molecular complexity index is 290. The van der Waals surface area contributed by atoms with E-state index in [4.69, 9.17) is 46.7 Å². The van der Waals surface area contributed by atoms with Crippen molar-refractivity contribution in [3.05, 3.63) is 59.9 Å².